The van der Waals surface area contributed by atoms with Gasteiger partial charge in [-0.25, -0.2) is 5.06 Å². The molecule has 2 aromatic carbocycles. The summed E-state index contributed by atoms with van der Waals surface area (Å²) in [6.45, 7) is 23.2. The van der Waals surface area contributed by atoms with Crippen LogP contribution in [0.25, 0.3) is 0 Å². The van der Waals surface area contributed by atoms with Crippen LogP contribution in [0.1, 0.15) is 68.2 Å². The van der Waals surface area contributed by atoms with Crippen LogP contribution in [0, 0.1) is 5.41 Å². The summed E-state index contributed by atoms with van der Waals surface area (Å²) < 4.78 is 20.5. The number of amides is 1. The van der Waals surface area contributed by atoms with E-state index in [-0.39, 0.29) is 40.0 Å². The first-order valence-electron chi connectivity index (χ1n) is 15.1. The lowest BCUT2D eigenvalue weighted by Gasteiger charge is -2.48. The maximum Gasteiger partial charge on any atom is 0.261 e. The average Bonchev–Trinajstić information content (AvgIpc) is 2.91. The molecule has 0 aromatic heterocycles. The molecule has 0 aliphatic heterocycles. The quantitative estimate of drug-likeness (QED) is 0.173. The number of hydrogen-bond donors (Lipinski definition) is 0. The lowest BCUT2D eigenvalue weighted by Crippen LogP contribution is -2.67. The van der Waals surface area contributed by atoms with Crippen LogP contribution >= 0.6 is 0 Å². The summed E-state index contributed by atoms with van der Waals surface area (Å²) in [6, 6.07) is 21.5. The van der Waals surface area contributed by atoms with Gasteiger partial charge in [0.05, 0.1) is 25.7 Å². The van der Waals surface area contributed by atoms with Crippen LogP contribution in [0.4, 0.5) is 0 Å². The lowest BCUT2D eigenvalue weighted by atomic mass is 9.84. The number of carbonyl (C=O) groups excluding carboxylic acids is 1. The maximum atomic E-state index is 12.8. The first kappa shape index (κ1) is 36.4. The predicted molar refractivity (Wildman–Crippen MR) is 179 cm³/mol. The molecule has 2 aromatic rings. The third kappa shape index (κ3) is 8.64. The zero-order chi connectivity index (χ0) is 32.0. The van der Waals surface area contributed by atoms with Gasteiger partial charge in [0, 0.05) is 26.2 Å². The topological polar surface area (TPSA) is 57.2 Å². The van der Waals surface area contributed by atoms with Crippen molar-refractivity contribution < 1.29 is 23.2 Å². The Hall–Kier alpha value is -1.82. The first-order chi connectivity index (χ1) is 19.3. The minimum Gasteiger partial charge on any atom is -0.413 e. The minimum absolute atomic E-state index is 0.0227. The fraction of sp³-hybridized carbons (Fsp3) is 0.618. The highest BCUT2D eigenvalue weighted by Gasteiger charge is 2.52. The highest BCUT2D eigenvalue weighted by molar-refractivity contribution is 6.99. The lowest BCUT2D eigenvalue weighted by molar-refractivity contribution is -0.171. The molecule has 0 aliphatic carbocycles. The molecule has 0 radical (unpaired) electrons. The van der Waals surface area contributed by atoms with E-state index in [2.05, 4.69) is 129 Å². The Morgan fingerprint density at radius 2 is 1.29 bits per heavy atom. The van der Waals surface area contributed by atoms with Gasteiger partial charge < -0.3 is 13.6 Å². The van der Waals surface area contributed by atoms with E-state index >= 15 is 0 Å². The number of hydrogen-bond acceptors (Lipinski definition) is 5. The number of rotatable bonds is 14. The normalized spacial score (nSPS) is 14.9. The summed E-state index contributed by atoms with van der Waals surface area (Å²) in [6.07, 6.45) is 0.270. The molecule has 0 aliphatic rings. The van der Waals surface area contributed by atoms with E-state index in [0.717, 1.165) is 0 Å². The van der Waals surface area contributed by atoms with Gasteiger partial charge in [0.1, 0.15) is 0 Å². The minimum atomic E-state index is -2.75. The summed E-state index contributed by atoms with van der Waals surface area (Å²) in [7, 11) is -0.146. The number of ether oxygens (including phenoxy) is 1. The van der Waals surface area contributed by atoms with Crippen molar-refractivity contribution >= 4 is 32.9 Å². The number of hydroxylamine groups is 2. The van der Waals surface area contributed by atoms with Crippen LogP contribution in [0.15, 0.2) is 60.7 Å². The molecule has 0 heterocycles. The van der Waals surface area contributed by atoms with Gasteiger partial charge in [0.2, 0.25) is 5.91 Å². The van der Waals surface area contributed by atoms with E-state index in [4.69, 9.17) is 18.4 Å². The number of methoxy groups -OCH3 is 1. The Balaban J connectivity index is 2.56. The monoisotopic (exact) mass is 615 g/mol. The van der Waals surface area contributed by atoms with Crippen molar-refractivity contribution in [2.75, 3.05) is 27.9 Å². The van der Waals surface area contributed by atoms with Crippen LogP contribution < -0.4 is 10.4 Å². The molecule has 1 amide bonds. The summed E-state index contributed by atoms with van der Waals surface area (Å²) in [5, 5.41) is 3.66. The van der Waals surface area contributed by atoms with Gasteiger partial charge in [-0.2, -0.15) is 0 Å². The van der Waals surface area contributed by atoms with Crippen molar-refractivity contribution in [3.05, 3.63) is 60.7 Å². The van der Waals surface area contributed by atoms with Gasteiger partial charge in [-0.3, -0.25) is 9.63 Å². The SMILES string of the molecule is CO[C@H](CC(=O)N(C)OC)C[C@H](O[Si](C)(C)C(C)(C)C)C(C)(C)CO[Si](c1ccccc1)(c1ccccc1)C(C)(C)C. The van der Waals surface area contributed by atoms with E-state index in [1.165, 1.54) is 22.5 Å². The van der Waals surface area contributed by atoms with E-state index in [1.807, 2.05) is 0 Å². The van der Waals surface area contributed by atoms with Crippen LogP contribution in [-0.4, -0.2) is 67.7 Å². The smallest absolute Gasteiger partial charge is 0.261 e. The molecular weight excluding hydrogens is 559 g/mol. The molecule has 0 N–H and O–H groups in total. The molecule has 0 bridgehead atoms. The van der Waals surface area contributed by atoms with Crippen molar-refractivity contribution in [1.29, 1.82) is 0 Å². The van der Waals surface area contributed by atoms with Crippen molar-refractivity contribution in [2.24, 2.45) is 5.41 Å². The van der Waals surface area contributed by atoms with Gasteiger partial charge in [-0.1, -0.05) is 116 Å². The summed E-state index contributed by atoms with van der Waals surface area (Å²) in [5.41, 5.74) is -0.379. The molecular formula is C34H57NO5Si2. The zero-order valence-electron chi connectivity index (χ0n) is 28.5. The second kappa shape index (κ2) is 14.3. The first-order valence-corrected chi connectivity index (χ1v) is 19.9. The van der Waals surface area contributed by atoms with E-state index in [1.54, 1.807) is 14.2 Å². The molecule has 0 spiro atoms. The second-order valence-electron chi connectivity index (χ2n) is 14.7. The Kier molecular flexibility index (Phi) is 12.4. The molecule has 6 nitrogen and oxygen atoms in total. The molecule has 8 heteroatoms. The molecule has 42 heavy (non-hydrogen) atoms. The molecule has 0 unspecified atom stereocenters. The van der Waals surface area contributed by atoms with E-state index < -0.39 is 16.6 Å². The Morgan fingerprint density at radius 1 is 0.810 bits per heavy atom. The van der Waals surface area contributed by atoms with Crippen LogP contribution in [0.3, 0.4) is 0 Å². The number of benzene rings is 2. The molecule has 2 rings (SSSR count). The Labute approximate surface area is 258 Å². The predicted octanol–water partition coefficient (Wildman–Crippen LogP) is 6.79. The molecule has 2 atom stereocenters. The van der Waals surface area contributed by atoms with Gasteiger partial charge >= 0.3 is 0 Å². The molecule has 0 fully saturated rings. The second-order valence-corrected chi connectivity index (χ2v) is 23.7. The van der Waals surface area contributed by atoms with Crippen LogP contribution in [0.2, 0.25) is 23.2 Å². The third-order valence-corrected chi connectivity index (χ3v) is 18.5. The summed E-state index contributed by atoms with van der Waals surface area (Å²) in [4.78, 5) is 17.9. The van der Waals surface area contributed by atoms with Crippen molar-refractivity contribution in [3.8, 4) is 0 Å². The number of nitrogens with zero attached hydrogens (tertiary/aromatic N) is 1. The number of carbonyl (C=O) groups is 1. The summed E-state index contributed by atoms with van der Waals surface area (Å²) >= 11 is 0. The van der Waals surface area contributed by atoms with Crippen LogP contribution in [-0.2, 0) is 23.2 Å². The highest BCUT2D eigenvalue weighted by atomic mass is 28.4. The Bertz CT molecular complexity index is 1070. The largest absolute Gasteiger partial charge is 0.413 e. The van der Waals surface area contributed by atoms with Crippen molar-refractivity contribution in [1.82, 2.24) is 5.06 Å². The Morgan fingerprint density at radius 3 is 1.67 bits per heavy atom. The molecule has 236 valence electrons. The summed E-state index contributed by atoms with van der Waals surface area (Å²) in [5.74, 6) is -0.128. The van der Waals surface area contributed by atoms with E-state index in [0.29, 0.717) is 13.0 Å². The highest BCUT2D eigenvalue weighted by Crippen LogP contribution is 2.43. The zero-order valence-corrected chi connectivity index (χ0v) is 30.5. The van der Waals surface area contributed by atoms with Gasteiger partial charge in [-0.15, -0.1) is 0 Å². The fourth-order valence-electron chi connectivity index (χ4n) is 5.13. The van der Waals surface area contributed by atoms with Crippen molar-refractivity contribution in [3.63, 3.8) is 0 Å². The van der Waals surface area contributed by atoms with Crippen LogP contribution in [0.5, 0.6) is 0 Å². The molecule has 0 saturated heterocycles. The fourth-order valence-corrected chi connectivity index (χ4v) is 11.4. The molecule has 0 saturated carbocycles. The van der Waals surface area contributed by atoms with E-state index in [9.17, 15) is 4.79 Å². The average molecular weight is 616 g/mol. The van der Waals surface area contributed by atoms with Gasteiger partial charge in [0.15, 0.2) is 8.32 Å². The third-order valence-electron chi connectivity index (χ3n) is 9.03. The van der Waals surface area contributed by atoms with Gasteiger partial charge in [-0.05, 0) is 40.0 Å². The van der Waals surface area contributed by atoms with Gasteiger partial charge in [0.25, 0.3) is 8.32 Å². The standard InChI is InChI=1S/C34H57NO5Si2/c1-32(2,3)41(12,13)40-30(24-27(37-10)25-31(36)35(9)38-11)34(7,8)26-39-42(33(4,5)6,28-20-16-14-17-21-28)29-22-18-15-19-23-29/h14-23,27,30H,24-26H2,1-13H3/t27-,30-/m0/s1. The van der Waals surface area contributed by atoms with Crippen molar-refractivity contribution in [2.45, 2.75) is 104 Å². The maximum absolute atomic E-state index is 12.8.